The molecule has 0 saturated heterocycles. The number of aldehydes is 1. The van der Waals surface area contributed by atoms with E-state index in [-0.39, 0.29) is 11.6 Å². The lowest BCUT2D eigenvalue weighted by atomic mass is 10.1. The van der Waals surface area contributed by atoms with Gasteiger partial charge in [0.15, 0.2) is 0 Å². The third kappa shape index (κ3) is 4.96. The minimum Gasteiger partial charge on any atom is -0.351 e. The lowest BCUT2D eigenvalue weighted by Gasteiger charge is -2.30. The monoisotopic (exact) mass is 466 g/mol. The summed E-state index contributed by atoms with van der Waals surface area (Å²) < 4.78 is 1.71. The Bertz CT molecular complexity index is 1390. The average Bonchev–Trinajstić information content (AvgIpc) is 2.89. The molecule has 0 spiro atoms. The van der Waals surface area contributed by atoms with Gasteiger partial charge in [-0.1, -0.05) is 54.6 Å². The van der Waals surface area contributed by atoms with Crippen molar-refractivity contribution in [1.82, 2.24) is 19.5 Å². The molecule has 35 heavy (non-hydrogen) atoms. The van der Waals surface area contributed by atoms with E-state index in [1.54, 1.807) is 16.8 Å². The standard InChI is InChI=1S/C27H26N6O2/c1-19(16-20-8-10-21(18-34)11-9-20)29-26-28-13-12-24(31-26)32-14-5-15-33-25(35)17-23(30-27(32)33)22-6-3-2-4-7-22/h2-4,6-13,17-19H,5,14-16H2,1H3,(H,28,29,31). The topological polar surface area (TPSA) is 93.0 Å². The number of carbonyl (C=O) groups excluding carboxylic acids is 1. The van der Waals surface area contributed by atoms with Gasteiger partial charge in [0.1, 0.15) is 12.1 Å². The summed E-state index contributed by atoms with van der Waals surface area (Å²) in [5, 5.41) is 3.36. The number of hydrogen-bond donors (Lipinski definition) is 1. The molecule has 0 aliphatic carbocycles. The van der Waals surface area contributed by atoms with Crippen LogP contribution in [0.4, 0.5) is 17.7 Å². The second-order valence-corrected chi connectivity index (χ2v) is 8.65. The molecule has 3 heterocycles. The molecular weight excluding hydrogens is 440 g/mol. The highest BCUT2D eigenvalue weighted by Gasteiger charge is 2.23. The highest BCUT2D eigenvalue weighted by atomic mass is 16.1. The van der Waals surface area contributed by atoms with Gasteiger partial charge in [-0.15, -0.1) is 0 Å². The predicted molar refractivity (Wildman–Crippen MR) is 136 cm³/mol. The zero-order valence-corrected chi connectivity index (χ0v) is 19.5. The van der Waals surface area contributed by atoms with Crippen molar-refractivity contribution in [3.8, 4) is 11.3 Å². The van der Waals surface area contributed by atoms with Crippen molar-refractivity contribution < 1.29 is 4.79 Å². The molecule has 8 nitrogen and oxygen atoms in total. The molecule has 1 aliphatic heterocycles. The number of hydrogen-bond acceptors (Lipinski definition) is 7. The fourth-order valence-corrected chi connectivity index (χ4v) is 4.30. The van der Waals surface area contributed by atoms with Crippen LogP contribution in [0.25, 0.3) is 11.3 Å². The van der Waals surface area contributed by atoms with E-state index in [2.05, 4.69) is 17.2 Å². The number of anilines is 3. The van der Waals surface area contributed by atoms with Crippen molar-refractivity contribution in [3.05, 3.63) is 94.4 Å². The van der Waals surface area contributed by atoms with Gasteiger partial charge in [-0.05, 0) is 31.4 Å². The highest BCUT2D eigenvalue weighted by Crippen LogP contribution is 2.27. The molecule has 1 atom stereocenters. The Hall–Kier alpha value is -4.33. The molecule has 1 aliphatic rings. The van der Waals surface area contributed by atoms with Gasteiger partial charge in [-0.2, -0.15) is 4.98 Å². The summed E-state index contributed by atoms with van der Waals surface area (Å²) in [4.78, 5) is 39.7. The van der Waals surface area contributed by atoms with Gasteiger partial charge >= 0.3 is 0 Å². The molecule has 0 bridgehead atoms. The summed E-state index contributed by atoms with van der Waals surface area (Å²) in [5.74, 6) is 1.80. The largest absolute Gasteiger partial charge is 0.351 e. The molecular formula is C27H26N6O2. The molecule has 0 saturated carbocycles. The maximum Gasteiger partial charge on any atom is 0.255 e. The fourth-order valence-electron chi connectivity index (χ4n) is 4.30. The molecule has 5 rings (SSSR count). The second-order valence-electron chi connectivity index (χ2n) is 8.65. The molecule has 2 aromatic carbocycles. The van der Waals surface area contributed by atoms with Crippen LogP contribution in [0.5, 0.6) is 0 Å². The van der Waals surface area contributed by atoms with Crippen molar-refractivity contribution in [3.63, 3.8) is 0 Å². The van der Waals surface area contributed by atoms with Crippen molar-refractivity contribution in [2.45, 2.75) is 32.4 Å². The van der Waals surface area contributed by atoms with Gasteiger partial charge in [0.05, 0.1) is 5.69 Å². The first kappa shape index (κ1) is 22.5. The molecule has 176 valence electrons. The van der Waals surface area contributed by atoms with E-state index in [1.165, 1.54) is 0 Å². The van der Waals surface area contributed by atoms with Crippen LogP contribution in [0.3, 0.4) is 0 Å². The first-order valence-electron chi connectivity index (χ1n) is 11.7. The zero-order chi connectivity index (χ0) is 24.2. The number of aromatic nitrogens is 4. The van der Waals surface area contributed by atoms with Gasteiger partial charge < -0.3 is 5.32 Å². The average molecular weight is 467 g/mol. The Morgan fingerprint density at radius 3 is 2.60 bits per heavy atom. The summed E-state index contributed by atoms with van der Waals surface area (Å²) in [7, 11) is 0. The van der Waals surface area contributed by atoms with E-state index in [0.29, 0.717) is 42.1 Å². The summed E-state index contributed by atoms with van der Waals surface area (Å²) >= 11 is 0. The van der Waals surface area contributed by atoms with Crippen molar-refractivity contribution >= 4 is 24.0 Å². The van der Waals surface area contributed by atoms with E-state index < -0.39 is 0 Å². The van der Waals surface area contributed by atoms with Gasteiger partial charge in [0.25, 0.3) is 5.56 Å². The van der Waals surface area contributed by atoms with E-state index in [1.807, 2.05) is 65.6 Å². The molecule has 0 fully saturated rings. The zero-order valence-electron chi connectivity index (χ0n) is 19.5. The highest BCUT2D eigenvalue weighted by molar-refractivity contribution is 5.74. The van der Waals surface area contributed by atoms with Crippen LogP contribution in [0.2, 0.25) is 0 Å². The Kier molecular flexibility index (Phi) is 6.34. The summed E-state index contributed by atoms with van der Waals surface area (Å²) in [6.07, 6.45) is 4.14. The van der Waals surface area contributed by atoms with E-state index in [4.69, 9.17) is 9.97 Å². The first-order chi connectivity index (χ1) is 17.1. The third-order valence-electron chi connectivity index (χ3n) is 6.01. The lowest BCUT2D eigenvalue weighted by molar-refractivity contribution is 0.112. The maximum atomic E-state index is 12.9. The Morgan fingerprint density at radius 2 is 1.83 bits per heavy atom. The van der Waals surface area contributed by atoms with Crippen molar-refractivity contribution in [1.29, 1.82) is 0 Å². The summed E-state index contributed by atoms with van der Waals surface area (Å²) in [6, 6.07) is 20.8. The Balaban J connectivity index is 1.39. The lowest BCUT2D eigenvalue weighted by Crippen LogP contribution is -2.36. The van der Waals surface area contributed by atoms with Crippen LogP contribution >= 0.6 is 0 Å². The van der Waals surface area contributed by atoms with Crippen LogP contribution in [0.1, 0.15) is 29.3 Å². The molecule has 2 aromatic heterocycles. The Morgan fingerprint density at radius 1 is 1.03 bits per heavy atom. The number of rotatable bonds is 7. The minimum absolute atomic E-state index is 0.0693. The van der Waals surface area contributed by atoms with Gasteiger partial charge in [-0.25, -0.2) is 9.97 Å². The first-order valence-corrected chi connectivity index (χ1v) is 11.7. The van der Waals surface area contributed by atoms with Gasteiger partial charge in [0, 0.05) is 42.5 Å². The van der Waals surface area contributed by atoms with Gasteiger partial charge in [-0.3, -0.25) is 19.1 Å². The molecule has 1 N–H and O–H groups in total. The normalized spacial score (nSPS) is 13.7. The number of nitrogens with one attached hydrogen (secondary N) is 1. The predicted octanol–water partition coefficient (Wildman–Crippen LogP) is 4.10. The molecule has 0 amide bonds. The molecule has 8 heteroatoms. The summed E-state index contributed by atoms with van der Waals surface area (Å²) in [5.41, 5.74) is 3.26. The number of benzene rings is 2. The van der Waals surface area contributed by atoms with Gasteiger partial charge in [0.2, 0.25) is 11.9 Å². The fraction of sp³-hybridized carbons (Fsp3) is 0.222. The van der Waals surface area contributed by atoms with Crippen LogP contribution in [0, 0.1) is 0 Å². The van der Waals surface area contributed by atoms with E-state index in [0.717, 1.165) is 30.3 Å². The number of fused-ring (bicyclic) bond motifs is 1. The van der Waals surface area contributed by atoms with E-state index in [9.17, 15) is 9.59 Å². The third-order valence-corrected chi connectivity index (χ3v) is 6.01. The maximum absolute atomic E-state index is 12.9. The summed E-state index contributed by atoms with van der Waals surface area (Å²) in [6.45, 7) is 3.40. The van der Waals surface area contributed by atoms with Crippen LogP contribution in [0.15, 0.2) is 77.7 Å². The molecule has 0 radical (unpaired) electrons. The Labute approximate surface area is 203 Å². The quantitative estimate of drug-likeness (QED) is 0.410. The number of carbonyl (C=O) groups is 1. The van der Waals surface area contributed by atoms with Crippen LogP contribution in [-0.2, 0) is 13.0 Å². The number of nitrogens with zero attached hydrogens (tertiary/aromatic N) is 5. The van der Waals surface area contributed by atoms with Crippen molar-refractivity contribution in [2.75, 3.05) is 16.8 Å². The minimum atomic E-state index is -0.0693. The van der Waals surface area contributed by atoms with Crippen LogP contribution < -0.4 is 15.8 Å². The molecule has 4 aromatic rings. The van der Waals surface area contributed by atoms with Crippen molar-refractivity contribution in [2.24, 2.45) is 0 Å². The smallest absolute Gasteiger partial charge is 0.255 e. The second kappa shape index (κ2) is 9.89. The van der Waals surface area contributed by atoms with E-state index >= 15 is 0 Å². The van der Waals surface area contributed by atoms with Crippen LogP contribution in [-0.4, -0.2) is 38.4 Å². The molecule has 1 unspecified atom stereocenters. The SMILES string of the molecule is CC(Cc1ccc(C=O)cc1)Nc1nccc(N2CCCn3c2nc(-c2ccccc2)cc3=O)n1.